The first-order valence-corrected chi connectivity index (χ1v) is 6.72. The van der Waals surface area contributed by atoms with Crippen molar-refractivity contribution in [3.8, 4) is 0 Å². The van der Waals surface area contributed by atoms with Gasteiger partial charge in [0.1, 0.15) is 5.82 Å². The first kappa shape index (κ1) is 12.8. The summed E-state index contributed by atoms with van der Waals surface area (Å²) in [6, 6.07) is 4.72. The number of amides is 1. The van der Waals surface area contributed by atoms with Crippen LogP contribution in [0.15, 0.2) is 18.2 Å². The van der Waals surface area contributed by atoms with Crippen molar-refractivity contribution in [3.05, 3.63) is 33.1 Å². The van der Waals surface area contributed by atoms with Crippen LogP contribution in [0, 0.1) is 9.39 Å². The molecule has 0 radical (unpaired) electrons. The molecule has 1 amide bonds. The van der Waals surface area contributed by atoms with Gasteiger partial charge in [-0.05, 0) is 47.7 Å². The van der Waals surface area contributed by atoms with E-state index in [1.165, 1.54) is 6.07 Å². The van der Waals surface area contributed by atoms with Gasteiger partial charge < -0.3 is 10.2 Å². The Bertz CT molecular complexity index is 397. The first-order chi connectivity index (χ1) is 8.20. The van der Waals surface area contributed by atoms with E-state index in [9.17, 15) is 9.18 Å². The predicted molar refractivity (Wildman–Crippen MR) is 72.5 cm³/mol. The van der Waals surface area contributed by atoms with E-state index in [4.69, 9.17) is 0 Å². The molecule has 0 saturated carbocycles. The molecule has 1 aliphatic heterocycles. The van der Waals surface area contributed by atoms with Crippen LogP contribution < -0.4 is 5.32 Å². The fourth-order valence-corrected chi connectivity index (χ4v) is 2.61. The Labute approximate surface area is 114 Å². The topological polar surface area (TPSA) is 32.3 Å². The summed E-state index contributed by atoms with van der Waals surface area (Å²) in [5.74, 6) is -0.629. The minimum Gasteiger partial charge on any atom is -0.337 e. The smallest absolute Gasteiger partial charge is 0.257 e. The molecule has 1 aliphatic rings. The zero-order valence-corrected chi connectivity index (χ0v) is 11.5. The molecule has 1 N–H and O–H groups in total. The van der Waals surface area contributed by atoms with E-state index in [-0.39, 0.29) is 11.5 Å². The molecule has 1 aromatic carbocycles. The summed E-state index contributed by atoms with van der Waals surface area (Å²) in [7, 11) is 0. The van der Waals surface area contributed by atoms with Gasteiger partial charge in [0.25, 0.3) is 5.91 Å². The Morgan fingerprint density at radius 1 is 1.35 bits per heavy atom. The summed E-state index contributed by atoms with van der Waals surface area (Å²) in [5.41, 5.74) is 0.204. The van der Waals surface area contributed by atoms with Crippen molar-refractivity contribution in [2.75, 3.05) is 26.2 Å². The van der Waals surface area contributed by atoms with Crippen molar-refractivity contribution in [1.82, 2.24) is 10.2 Å². The van der Waals surface area contributed by atoms with Gasteiger partial charge in [0.2, 0.25) is 0 Å². The highest BCUT2D eigenvalue weighted by atomic mass is 127. The third kappa shape index (κ3) is 2.95. The molecule has 0 aromatic heterocycles. The zero-order valence-electron chi connectivity index (χ0n) is 9.38. The van der Waals surface area contributed by atoms with Crippen molar-refractivity contribution >= 4 is 28.5 Å². The van der Waals surface area contributed by atoms with Gasteiger partial charge in [0, 0.05) is 23.2 Å². The molecule has 3 nitrogen and oxygen atoms in total. The number of benzene rings is 1. The number of halogens is 2. The highest BCUT2D eigenvalue weighted by Gasteiger charge is 2.22. The minimum absolute atomic E-state index is 0.198. The number of nitrogens with one attached hydrogen (secondary N) is 1. The van der Waals surface area contributed by atoms with Crippen molar-refractivity contribution in [1.29, 1.82) is 0 Å². The number of hydrogen-bond acceptors (Lipinski definition) is 2. The van der Waals surface area contributed by atoms with Crippen LogP contribution in [-0.2, 0) is 0 Å². The highest BCUT2D eigenvalue weighted by molar-refractivity contribution is 14.1. The SMILES string of the molecule is O=C(c1c(F)cccc1I)N1CCCNCC1. The van der Waals surface area contributed by atoms with Crippen molar-refractivity contribution in [2.45, 2.75) is 6.42 Å². The lowest BCUT2D eigenvalue weighted by molar-refractivity contribution is 0.0760. The Kier molecular flexibility index (Phi) is 4.33. The Hall–Kier alpha value is -0.690. The summed E-state index contributed by atoms with van der Waals surface area (Å²) >= 11 is 2.00. The van der Waals surface area contributed by atoms with Gasteiger partial charge in [0.15, 0.2) is 0 Å². The molecule has 1 fully saturated rings. The average Bonchev–Trinajstić information content (AvgIpc) is 2.57. The molecule has 0 unspecified atom stereocenters. The fourth-order valence-electron chi connectivity index (χ4n) is 1.91. The standard InChI is InChI=1S/C12H14FIN2O/c13-9-3-1-4-10(14)11(9)12(17)16-7-2-5-15-6-8-16/h1,3-4,15H,2,5-8H2. The average molecular weight is 348 g/mol. The summed E-state index contributed by atoms with van der Waals surface area (Å²) in [6.07, 6.45) is 0.913. The highest BCUT2D eigenvalue weighted by Crippen LogP contribution is 2.18. The third-order valence-electron chi connectivity index (χ3n) is 2.80. The van der Waals surface area contributed by atoms with Crippen molar-refractivity contribution in [2.24, 2.45) is 0 Å². The molecule has 1 aromatic rings. The third-order valence-corrected chi connectivity index (χ3v) is 3.70. The summed E-state index contributed by atoms with van der Waals surface area (Å²) in [6.45, 7) is 3.02. The van der Waals surface area contributed by atoms with Crippen LogP contribution in [-0.4, -0.2) is 37.0 Å². The van der Waals surface area contributed by atoms with Crippen LogP contribution in [0.4, 0.5) is 4.39 Å². The van der Waals surface area contributed by atoms with Gasteiger partial charge >= 0.3 is 0 Å². The molecule has 2 rings (SSSR count). The van der Waals surface area contributed by atoms with Crippen molar-refractivity contribution in [3.63, 3.8) is 0 Å². The predicted octanol–water partition coefficient (Wildman–Crippen LogP) is 1.87. The van der Waals surface area contributed by atoms with Gasteiger partial charge in [-0.15, -0.1) is 0 Å². The molecule has 1 heterocycles. The van der Waals surface area contributed by atoms with Crippen LogP contribution in [0.5, 0.6) is 0 Å². The number of carbonyl (C=O) groups is 1. The lowest BCUT2D eigenvalue weighted by atomic mass is 10.2. The second-order valence-electron chi connectivity index (χ2n) is 3.99. The maximum atomic E-state index is 13.7. The molecule has 0 spiro atoms. The maximum Gasteiger partial charge on any atom is 0.257 e. The van der Waals surface area contributed by atoms with E-state index in [1.54, 1.807) is 17.0 Å². The zero-order chi connectivity index (χ0) is 12.3. The van der Waals surface area contributed by atoms with Gasteiger partial charge in [-0.1, -0.05) is 6.07 Å². The molecule has 5 heteroatoms. The molecule has 92 valence electrons. The number of hydrogen-bond donors (Lipinski definition) is 1. The van der Waals surface area contributed by atoms with Gasteiger partial charge in [-0.3, -0.25) is 4.79 Å². The largest absolute Gasteiger partial charge is 0.337 e. The van der Waals surface area contributed by atoms with Gasteiger partial charge in [0.05, 0.1) is 5.56 Å². The van der Waals surface area contributed by atoms with Gasteiger partial charge in [-0.2, -0.15) is 0 Å². The monoisotopic (exact) mass is 348 g/mol. The number of nitrogens with zero attached hydrogens (tertiary/aromatic N) is 1. The van der Waals surface area contributed by atoms with Crippen molar-refractivity contribution < 1.29 is 9.18 Å². The molecular weight excluding hydrogens is 334 g/mol. The van der Waals surface area contributed by atoms with E-state index in [0.717, 1.165) is 19.5 Å². The van der Waals surface area contributed by atoms with Crippen LogP contribution in [0.2, 0.25) is 0 Å². The normalized spacial score (nSPS) is 16.7. The fraction of sp³-hybridized carbons (Fsp3) is 0.417. The van der Waals surface area contributed by atoms with Crippen LogP contribution in [0.3, 0.4) is 0 Å². The molecule has 0 atom stereocenters. The molecule has 17 heavy (non-hydrogen) atoms. The maximum absolute atomic E-state index is 13.7. The summed E-state index contributed by atoms with van der Waals surface area (Å²) in [4.78, 5) is 14.0. The van der Waals surface area contributed by atoms with E-state index < -0.39 is 5.82 Å². The second-order valence-corrected chi connectivity index (χ2v) is 5.15. The van der Waals surface area contributed by atoms with Gasteiger partial charge in [-0.25, -0.2) is 4.39 Å². The van der Waals surface area contributed by atoms with E-state index in [1.807, 2.05) is 22.6 Å². The number of carbonyl (C=O) groups excluding carboxylic acids is 1. The summed E-state index contributed by atoms with van der Waals surface area (Å²) < 4.78 is 14.4. The Morgan fingerprint density at radius 2 is 2.18 bits per heavy atom. The minimum atomic E-state index is -0.431. The molecule has 1 saturated heterocycles. The number of rotatable bonds is 1. The van der Waals surface area contributed by atoms with E-state index >= 15 is 0 Å². The Morgan fingerprint density at radius 3 is 2.94 bits per heavy atom. The van der Waals surface area contributed by atoms with Crippen LogP contribution in [0.1, 0.15) is 16.8 Å². The molecule has 0 bridgehead atoms. The van der Waals surface area contributed by atoms with Crippen LogP contribution >= 0.6 is 22.6 Å². The first-order valence-electron chi connectivity index (χ1n) is 5.64. The Balaban J connectivity index is 2.23. The second kappa shape index (κ2) is 5.77. The van der Waals surface area contributed by atoms with E-state index in [2.05, 4.69) is 5.32 Å². The summed E-state index contributed by atoms with van der Waals surface area (Å²) in [5, 5.41) is 3.22. The molecule has 0 aliphatic carbocycles. The van der Waals surface area contributed by atoms with E-state index in [0.29, 0.717) is 16.7 Å². The quantitative estimate of drug-likeness (QED) is 0.786. The lowest BCUT2D eigenvalue weighted by Crippen LogP contribution is -2.35. The lowest BCUT2D eigenvalue weighted by Gasteiger charge is -2.20. The molecular formula is C12H14FIN2O. The van der Waals surface area contributed by atoms with Crippen LogP contribution in [0.25, 0.3) is 0 Å².